The fourth-order valence-electron chi connectivity index (χ4n) is 1.52. The number of nitrogens with zero attached hydrogens (tertiary/aromatic N) is 2. The van der Waals surface area contributed by atoms with Crippen molar-refractivity contribution in [3.05, 3.63) is 41.3 Å². The highest BCUT2D eigenvalue weighted by atomic mass is 35.5. The molecule has 0 saturated carbocycles. The number of hydrogen-bond acceptors (Lipinski definition) is 3. The largest absolute Gasteiger partial charge is 0.452 e. The summed E-state index contributed by atoms with van der Waals surface area (Å²) in [4.78, 5) is 16.1. The van der Waals surface area contributed by atoms with Crippen LogP contribution in [0.2, 0.25) is 5.22 Å². The predicted octanol–water partition coefficient (Wildman–Crippen LogP) is 2.77. The molecule has 0 unspecified atom stereocenters. The minimum absolute atomic E-state index is 0.107. The summed E-state index contributed by atoms with van der Waals surface area (Å²) < 4.78 is 6.70. The Bertz CT molecular complexity index is 502. The van der Waals surface area contributed by atoms with Gasteiger partial charge in [0.1, 0.15) is 0 Å². The van der Waals surface area contributed by atoms with Gasteiger partial charge in [-0.05, 0) is 24.1 Å². The van der Waals surface area contributed by atoms with Crippen LogP contribution in [0, 0.1) is 0 Å². The lowest BCUT2D eigenvalue weighted by molar-refractivity contribution is 0.102. The van der Waals surface area contributed by atoms with E-state index in [0.717, 1.165) is 13.0 Å². The lowest BCUT2D eigenvalue weighted by atomic mass is 10.2. The zero-order chi connectivity index (χ0) is 11.5. The highest BCUT2D eigenvalue weighted by Crippen LogP contribution is 2.19. The van der Waals surface area contributed by atoms with Crippen molar-refractivity contribution >= 4 is 17.4 Å². The van der Waals surface area contributed by atoms with Crippen LogP contribution in [-0.2, 0) is 6.54 Å². The van der Waals surface area contributed by atoms with Crippen molar-refractivity contribution < 1.29 is 9.21 Å². The molecule has 4 nitrogen and oxygen atoms in total. The van der Waals surface area contributed by atoms with Crippen LogP contribution in [-0.4, -0.2) is 15.3 Å². The third-order valence-electron chi connectivity index (χ3n) is 2.25. The molecule has 0 aliphatic rings. The van der Waals surface area contributed by atoms with Crippen LogP contribution in [0.25, 0.3) is 0 Å². The van der Waals surface area contributed by atoms with Gasteiger partial charge >= 0.3 is 0 Å². The van der Waals surface area contributed by atoms with E-state index in [-0.39, 0.29) is 11.0 Å². The van der Waals surface area contributed by atoms with E-state index in [1.165, 1.54) is 6.26 Å². The number of halogens is 1. The van der Waals surface area contributed by atoms with E-state index in [9.17, 15) is 4.79 Å². The summed E-state index contributed by atoms with van der Waals surface area (Å²) in [5.74, 6) is 0.183. The summed E-state index contributed by atoms with van der Waals surface area (Å²) in [6.07, 6.45) is 5.72. The summed E-state index contributed by atoms with van der Waals surface area (Å²) in [5, 5.41) is 0.107. The molecule has 0 spiro atoms. The fourth-order valence-corrected chi connectivity index (χ4v) is 1.72. The number of furan rings is 1. The van der Waals surface area contributed by atoms with Gasteiger partial charge in [0, 0.05) is 18.9 Å². The number of aromatic nitrogens is 2. The molecule has 2 aromatic heterocycles. The van der Waals surface area contributed by atoms with Gasteiger partial charge in [-0.25, -0.2) is 4.98 Å². The van der Waals surface area contributed by atoms with Crippen molar-refractivity contribution in [3.63, 3.8) is 0 Å². The molecule has 0 saturated heterocycles. The Morgan fingerprint density at radius 3 is 3.06 bits per heavy atom. The molecule has 0 aliphatic carbocycles. The lowest BCUT2D eigenvalue weighted by Gasteiger charge is -2.03. The van der Waals surface area contributed by atoms with Gasteiger partial charge in [0.25, 0.3) is 0 Å². The first-order valence-corrected chi connectivity index (χ1v) is 5.40. The number of aryl methyl sites for hydroxylation is 1. The predicted molar refractivity (Wildman–Crippen MR) is 59.7 cm³/mol. The molecule has 0 bridgehead atoms. The SMILES string of the molecule is CCCn1ccnc1C(=O)c1ccoc1Cl. The zero-order valence-electron chi connectivity index (χ0n) is 8.81. The zero-order valence-corrected chi connectivity index (χ0v) is 9.57. The summed E-state index contributed by atoms with van der Waals surface area (Å²) in [6, 6.07) is 1.55. The van der Waals surface area contributed by atoms with E-state index in [4.69, 9.17) is 16.0 Å². The number of carbonyl (C=O) groups excluding carboxylic acids is 1. The lowest BCUT2D eigenvalue weighted by Crippen LogP contribution is -2.10. The van der Waals surface area contributed by atoms with Gasteiger partial charge in [-0.15, -0.1) is 0 Å². The van der Waals surface area contributed by atoms with E-state index in [0.29, 0.717) is 11.4 Å². The van der Waals surface area contributed by atoms with Crippen molar-refractivity contribution in [1.82, 2.24) is 9.55 Å². The van der Waals surface area contributed by atoms with Crippen molar-refractivity contribution in [2.75, 3.05) is 0 Å². The van der Waals surface area contributed by atoms with Crippen molar-refractivity contribution in [1.29, 1.82) is 0 Å². The molecule has 2 aromatic rings. The number of imidazole rings is 1. The van der Waals surface area contributed by atoms with Crippen LogP contribution in [0.3, 0.4) is 0 Å². The molecular formula is C11H11ClN2O2. The van der Waals surface area contributed by atoms with Gasteiger partial charge < -0.3 is 8.98 Å². The van der Waals surface area contributed by atoms with E-state index < -0.39 is 0 Å². The number of ketones is 1. The van der Waals surface area contributed by atoms with E-state index >= 15 is 0 Å². The Morgan fingerprint density at radius 2 is 2.44 bits per heavy atom. The first-order chi connectivity index (χ1) is 7.74. The standard InChI is InChI=1S/C11H11ClN2O2/c1-2-5-14-6-4-13-11(14)9(15)8-3-7-16-10(8)12/h3-4,6-7H,2,5H2,1H3. The quantitative estimate of drug-likeness (QED) is 0.770. The normalized spacial score (nSPS) is 10.6. The molecule has 0 fully saturated rings. The van der Waals surface area contributed by atoms with Crippen LogP contribution in [0.1, 0.15) is 29.5 Å². The molecular weight excluding hydrogens is 228 g/mol. The van der Waals surface area contributed by atoms with Crippen LogP contribution in [0.15, 0.2) is 29.1 Å². The molecule has 0 aliphatic heterocycles. The highest BCUT2D eigenvalue weighted by Gasteiger charge is 2.19. The van der Waals surface area contributed by atoms with Crippen molar-refractivity contribution in [2.45, 2.75) is 19.9 Å². The monoisotopic (exact) mass is 238 g/mol. The molecule has 5 heteroatoms. The number of rotatable bonds is 4. The minimum Gasteiger partial charge on any atom is -0.452 e. The van der Waals surface area contributed by atoms with Crippen LogP contribution in [0.5, 0.6) is 0 Å². The Kier molecular flexibility index (Phi) is 3.10. The third-order valence-corrected chi connectivity index (χ3v) is 2.54. The Morgan fingerprint density at radius 1 is 1.62 bits per heavy atom. The molecule has 16 heavy (non-hydrogen) atoms. The molecule has 0 aromatic carbocycles. The molecule has 0 atom stereocenters. The molecule has 0 N–H and O–H groups in total. The maximum atomic E-state index is 12.1. The average molecular weight is 239 g/mol. The van der Waals surface area contributed by atoms with Crippen LogP contribution >= 0.6 is 11.6 Å². The fraction of sp³-hybridized carbons (Fsp3) is 0.273. The molecule has 2 rings (SSSR count). The number of hydrogen-bond donors (Lipinski definition) is 0. The topological polar surface area (TPSA) is 48.0 Å². The highest BCUT2D eigenvalue weighted by molar-refractivity contribution is 6.33. The van der Waals surface area contributed by atoms with Crippen LogP contribution in [0.4, 0.5) is 0 Å². The second-order valence-corrected chi connectivity index (χ2v) is 3.72. The van der Waals surface area contributed by atoms with Gasteiger partial charge in [0.05, 0.1) is 11.8 Å². The number of carbonyl (C=O) groups is 1. The maximum Gasteiger partial charge on any atom is 0.233 e. The second kappa shape index (κ2) is 4.53. The van der Waals surface area contributed by atoms with Crippen LogP contribution < -0.4 is 0 Å². The van der Waals surface area contributed by atoms with Gasteiger partial charge in [-0.3, -0.25) is 4.79 Å². The van der Waals surface area contributed by atoms with Gasteiger partial charge in [0.2, 0.25) is 11.0 Å². The van der Waals surface area contributed by atoms with E-state index in [1.54, 1.807) is 18.5 Å². The average Bonchev–Trinajstić information content (AvgIpc) is 2.87. The van der Waals surface area contributed by atoms with Crippen molar-refractivity contribution in [2.24, 2.45) is 0 Å². The molecule has 84 valence electrons. The maximum absolute atomic E-state index is 12.1. The molecule has 2 heterocycles. The van der Waals surface area contributed by atoms with Gasteiger partial charge in [0.15, 0.2) is 5.82 Å². The first kappa shape index (κ1) is 11.0. The smallest absolute Gasteiger partial charge is 0.233 e. The first-order valence-electron chi connectivity index (χ1n) is 5.03. The van der Waals surface area contributed by atoms with Gasteiger partial charge in [-0.2, -0.15) is 0 Å². The van der Waals surface area contributed by atoms with Crippen molar-refractivity contribution in [3.8, 4) is 0 Å². The Labute approximate surface area is 97.8 Å². The summed E-state index contributed by atoms with van der Waals surface area (Å²) >= 11 is 5.76. The minimum atomic E-state index is -0.211. The van der Waals surface area contributed by atoms with E-state index in [1.807, 2.05) is 11.5 Å². The summed E-state index contributed by atoms with van der Waals surface area (Å²) in [6.45, 7) is 2.80. The van der Waals surface area contributed by atoms with E-state index in [2.05, 4.69) is 4.98 Å². The van der Waals surface area contributed by atoms with Gasteiger partial charge in [-0.1, -0.05) is 6.92 Å². The Hall–Kier alpha value is -1.55. The Balaban J connectivity index is 2.34. The second-order valence-electron chi connectivity index (χ2n) is 3.38. The molecule has 0 amide bonds. The summed E-state index contributed by atoms with van der Waals surface area (Å²) in [5.41, 5.74) is 0.352. The third kappa shape index (κ3) is 1.88. The summed E-state index contributed by atoms with van der Waals surface area (Å²) in [7, 11) is 0. The molecule has 0 radical (unpaired) electrons.